The number of rotatable bonds is 4. The molecule has 0 saturated carbocycles. The van der Waals surface area contributed by atoms with Crippen LogP contribution in [0.5, 0.6) is 5.75 Å². The fourth-order valence-electron chi connectivity index (χ4n) is 2.16. The van der Waals surface area contributed by atoms with Crippen molar-refractivity contribution in [2.24, 2.45) is 0 Å². The number of hydrogen-bond acceptors (Lipinski definition) is 3. The monoisotopic (exact) mass is 262 g/mol. The van der Waals surface area contributed by atoms with Crippen molar-refractivity contribution < 1.29 is 14.3 Å². The van der Waals surface area contributed by atoms with Crippen LogP contribution in [-0.2, 0) is 16.0 Å². The fraction of sp³-hybridized carbons (Fsp3) is 0.429. The smallest absolute Gasteiger partial charge is 0.224 e. The van der Waals surface area contributed by atoms with E-state index in [0.29, 0.717) is 19.4 Å². The highest BCUT2D eigenvalue weighted by molar-refractivity contribution is 5.80. The number of benzene rings is 1. The Hall–Kier alpha value is -2.04. The molecule has 102 valence electrons. The zero-order valence-corrected chi connectivity index (χ0v) is 10.9. The van der Waals surface area contributed by atoms with Crippen LogP contribution in [0.1, 0.15) is 18.4 Å². The van der Waals surface area contributed by atoms with Crippen LogP contribution in [0.25, 0.3) is 0 Å². The van der Waals surface area contributed by atoms with Crippen LogP contribution in [0.3, 0.4) is 0 Å². The molecule has 2 rings (SSSR count). The summed E-state index contributed by atoms with van der Waals surface area (Å²) in [5.41, 5.74) is 0.863. The van der Waals surface area contributed by atoms with Gasteiger partial charge in [0, 0.05) is 24.6 Å². The van der Waals surface area contributed by atoms with Crippen LogP contribution in [-0.4, -0.2) is 31.5 Å². The Morgan fingerprint density at radius 2 is 2.26 bits per heavy atom. The lowest BCUT2D eigenvalue weighted by Gasteiger charge is -2.23. The average molecular weight is 262 g/mol. The predicted octanol–water partition coefficient (Wildman–Crippen LogP) is 0.632. The van der Waals surface area contributed by atoms with Crippen molar-refractivity contribution in [3.63, 3.8) is 0 Å². The van der Waals surface area contributed by atoms with Gasteiger partial charge in [-0.25, -0.2) is 0 Å². The molecule has 0 aromatic heterocycles. The Labute approximate surface area is 112 Å². The van der Waals surface area contributed by atoms with Gasteiger partial charge in [-0.3, -0.25) is 9.59 Å². The molecule has 1 heterocycles. The van der Waals surface area contributed by atoms with Gasteiger partial charge < -0.3 is 15.4 Å². The molecule has 1 aliphatic heterocycles. The minimum Gasteiger partial charge on any atom is -0.496 e. The summed E-state index contributed by atoms with van der Waals surface area (Å²) in [5, 5.41) is 5.68. The number of hydrogen-bond donors (Lipinski definition) is 2. The van der Waals surface area contributed by atoms with Gasteiger partial charge in [-0.2, -0.15) is 0 Å². The number of ether oxygens (including phenoxy) is 1. The number of piperidine rings is 1. The summed E-state index contributed by atoms with van der Waals surface area (Å²) in [6, 6.07) is 7.49. The summed E-state index contributed by atoms with van der Waals surface area (Å²) in [5.74, 6) is 0.718. The number of carbonyl (C=O) groups is 2. The summed E-state index contributed by atoms with van der Waals surface area (Å²) in [4.78, 5) is 23.0. The third-order valence-electron chi connectivity index (χ3n) is 3.17. The Balaban J connectivity index is 1.89. The standard InChI is InChI=1S/C14H18N2O3/c1-19-12-5-3-2-4-10(12)8-14(18)16-11-6-7-13(17)15-9-11/h2-5,11H,6-9H2,1H3,(H,15,17)(H,16,18). The van der Waals surface area contributed by atoms with Gasteiger partial charge in [0.05, 0.1) is 13.5 Å². The summed E-state index contributed by atoms with van der Waals surface area (Å²) >= 11 is 0. The molecular formula is C14H18N2O3. The molecule has 1 aromatic carbocycles. The quantitative estimate of drug-likeness (QED) is 0.836. The fourth-order valence-corrected chi connectivity index (χ4v) is 2.16. The normalized spacial score (nSPS) is 18.6. The maximum absolute atomic E-state index is 12.0. The highest BCUT2D eigenvalue weighted by atomic mass is 16.5. The predicted molar refractivity (Wildman–Crippen MR) is 70.9 cm³/mol. The highest BCUT2D eigenvalue weighted by Gasteiger charge is 2.19. The van der Waals surface area contributed by atoms with E-state index in [0.717, 1.165) is 11.3 Å². The second-order valence-corrected chi connectivity index (χ2v) is 4.60. The van der Waals surface area contributed by atoms with Crippen molar-refractivity contribution in [2.75, 3.05) is 13.7 Å². The molecule has 19 heavy (non-hydrogen) atoms. The number of para-hydroxylation sites is 1. The van der Waals surface area contributed by atoms with E-state index in [-0.39, 0.29) is 24.3 Å². The lowest BCUT2D eigenvalue weighted by atomic mass is 10.1. The van der Waals surface area contributed by atoms with Crippen molar-refractivity contribution in [1.82, 2.24) is 10.6 Å². The third kappa shape index (κ3) is 3.71. The van der Waals surface area contributed by atoms with Gasteiger partial charge in [0.2, 0.25) is 11.8 Å². The molecular weight excluding hydrogens is 244 g/mol. The van der Waals surface area contributed by atoms with Crippen molar-refractivity contribution >= 4 is 11.8 Å². The van der Waals surface area contributed by atoms with Gasteiger partial charge in [-0.1, -0.05) is 18.2 Å². The topological polar surface area (TPSA) is 67.4 Å². The van der Waals surface area contributed by atoms with E-state index in [4.69, 9.17) is 4.74 Å². The lowest BCUT2D eigenvalue weighted by molar-refractivity contribution is -0.125. The molecule has 5 nitrogen and oxygen atoms in total. The number of nitrogens with one attached hydrogen (secondary N) is 2. The van der Waals surface area contributed by atoms with E-state index in [1.54, 1.807) is 7.11 Å². The molecule has 1 aliphatic rings. The van der Waals surface area contributed by atoms with Crippen molar-refractivity contribution in [1.29, 1.82) is 0 Å². The average Bonchev–Trinajstić information content (AvgIpc) is 2.42. The van der Waals surface area contributed by atoms with Crippen LogP contribution in [0, 0.1) is 0 Å². The minimum atomic E-state index is -0.0503. The van der Waals surface area contributed by atoms with Gasteiger partial charge in [0.25, 0.3) is 0 Å². The van der Waals surface area contributed by atoms with E-state index in [2.05, 4.69) is 10.6 Å². The summed E-state index contributed by atoms with van der Waals surface area (Å²) in [7, 11) is 1.59. The molecule has 1 aromatic rings. The molecule has 5 heteroatoms. The van der Waals surface area contributed by atoms with E-state index in [9.17, 15) is 9.59 Å². The molecule has 1 atom stereocenters. The Morgan fingerprint density at radius 1 is 1.47 bits per heavy atom. The minimum absolute atomic E-state index is 0.0277. The Bertz CT molecular complexity index is 464. The summed E-state index contributed by atoms with van der Waals surface area (Å²) in [6.45, 7) is 0.510. The van der Waals surface area contributed by atoms with Gasteiger partial charge in [-0.05, 0) is 12.5 Å². The third-order valence-corrected chi connectivity index (χ3v) is 3.17. The van der Waals surface area contributed by atoms with Gasteiger partial charge in [0.15, 0.2) is 0 Å². The second-order valence-electron chi connectivity index (χ2n) is 4.60. The van der Waals surface area contributed by atoms with Crippen molar-refractivity contribution in [3.8, 4) is 5.75 Å². The van der Waals surface area contributed by atoms with Crippen LogP contribution in [0.4, 0.5) is 0 Å². The first-order valence-corrected chi connectivity index (χ1v) is 6.37. The summed E-state index contributed by atoms with van der Waals surface area (Å²) in [6.07, 6.45) is 1.46. The van der Waals surface area contributed by atoms with E-state index >= 15 is 0 Å². The van der Waals surface area contributed by atoms with Gasteiger partial charge in [-0.15, -0.1) is 0 Å². The summed E-state index contributed by atoms with van der Waals surface area (Å²) < 4.78 is 5.21. The molecule has 1 fully saturated rings. The zero-order valence-electron chi connectivity index (χ0n) is 10.9. The zero-order chi connectivity index (χ0) is 13.7. The van der Waals surface area contributed by atoms with Gasteiger partial charge in [0.1, 0.15) is 5.75 Å². The Kier molecular flexibility index (Phi) is 4.39. The van der Waals surface area contributed by atoms with Gasteiger partial charge >= 0.3 is 0 Å². The molecule has 2 N–H and O–H groups in total. The van der Waals surface area contributed by atoms with Crippen LogP contribution in [0.15, 0.2) is 24.3 Å². The molecule has 1 saturated heterocycles. The number of amides is 2. The van der Waals surface area contributed by atoms with E-state index < -0.39 is 0 Å². The number of methoxy groups -OCH3 is 1. The second kappa shape index (κ2) is 6.22. The van der Waals surface area contributed by atoms with Crippen molar-refractivity contribution in [2.45, 2.75) is 25.3 Å². The first kappa shape index (κ1) is 13.4. The molecule has 1 unspecified atom stereocenters. The van der Waals surface area contributed by atoms with Crippen LogP contribution in [0.2, 0.25) is 0 Å². The maximum atomic E-state index is 12.0. The molecule has 0 aliphatic carbocycles. The first-order valence-electron chi connectivity index (χ1n) is 6.37. The lowest BCUT2D eigenvalue weighted by Crippen LogP contribution is -2.48. The van der Waals surface area contributed by atoms with Crippen molar-refractivity contribution in [3.05, 3.63) is 29.8 Å². The van der Waals surface area contributed by atoms with E-state index in [1.807, 2.05) is 24.3 Å². The first-order chi connectivity index (χ1) is 9.19. The highest BCUT2D eigenvalue weighted by Crippen LogP contribution is 2.17. The largest absolute Gasteiger partial charge is 0.496 e. The Morgan fingerprint density at radius 3 is 2.95 bits per heavy atom. The number of carbonyl (C=O) groups excluding carboxylic acids is 2. The van der Waals surface area contributed by atoms with E-state index in [1.165, 1.54) is 0 Å². The molecule has 0 spiro atoms. The molecule has 0 radical (unpaired) electrons. The molecule has 0 bridgehead atoms. The molecule has 2 amide bonds. The van der Waals surface area contributed by atoms with Crippen LogP contribution >= 0.6 is 0 Å². The SMILES string of the molecule is COc1ccccc1CC(=O)NC1CCC(=O)NC1. The van der Waals surface area contributed by atoms with Crippen LogP contribution < -0.4 is 15.4 Å². The maximum Gasteiger partial charge on any atom is 0.224 e.